The van der Waals surface area contributed by atoms with Crippen molar-refractivity contribution in [2.75, 3.05) is 18.9 Å². The number of carbonyl (C=O) groups excluding carboxylic acids is 2. The molecule has 0 spiro atoms. The van der Waals surface area contributed by atoms with E-state index in [1.54, 1.807) is 24.3 Å². The van der Waals surface area contributed by atoms with Gasteiger partial charge in [-0.25, -0.2) is 0 Å². The summed E-state index contributed by atoms with van der Waals surface area (Å²) in [6, 6.07) is 6.14. The van der Waals surface area contributed by atoms with Gasteiger partial charge in [0.25, 0.3) is 5.91 Å². The predicted molar refractivity (Wildman–Crippen MR) is 72.5 cm³/mol. The Morgan fingerprint density at radius 1 is 1.32 bits per heavy atom. The predicted octanol–water partition coefficient (Wildman–Crippen LogP) is -0.114. The number of nitrogens with one attached hydrogen (secondary N) is 2. The van der Waals surface area contributed by atoms with Gasteiger partial charge in [-0.3, -0.25) is 9.59 Å². The van der Waals surface area contributed by atoms with Crippen molar-refractivity contribution in [3.63, 3.8) is 0 Å². The van der Waals surface area contributed by atoms with Crippen molar-refractivity contribution in [2.45, 2.75) is 19.4 Å². The van der Waals surface area contributed by atoms with Gasteiger partial charge in [0.1, 0.15) is 0 Å². The summed E-state index contributed by atoms with van der Waals surface area (Å²) in [5, 5.41) is 14.0. The monoisotopic (exact) mass is 265 g/mol. The van der Waals surface area contributed by atoms with Gasteiger partial charge in [0.2, 0.25) is 5.91 Å². The van der Waals surface area contributed by atoms with Gasteiger partial charge >= 0.3 is 0 Å². The summed E-state index contributed by atoms with van der Waals surface area (Å²) >= 11 is 0. The first-order chi connectivity index (χ1) is 9.06. The second-order valence-corrected chi connectivity index (χ2v) is 4.16. The standard InChI is InChI=1S/C13H19N3O3/c1-2-11(8-17)16-12(18)7-15-13(19)9-3-5-10(14)6-4-9/h3-6,11,17H,2,7-8,14H2,1H3,(H,15,19)(H,16,18). The van der Waals surface area contributed by atoms with E-state index in [1.807, 2.05) is 6.92 Å². The van der Waals surface area contributed by atoms with E-state index < -0.39 is 0 Å². The molecule has 1 aromatic rings. The maximum atomic E-state index is 11.7. The summed E-state index contributed by atoms with van der Waals surface area (Å²) in [4.78, 5) is 23.2. The smallest absolute Gasteiger partial charge is 0.251 e. The topological polar surface area (TPSA) is 104 Å². The molecule has 19 heavy (non-hydrogen) atoms. The Labute approximate surface area is 112 Å². The molecule has 0 aliphatic heterocycles. The van der Waals surface area contributed by atoms with Gasteiger partial charge in [0.15, 0.2) is 0 Å². The number of nitrogen functional groups attached to an aromatic ring is 1. The van der Waals surface area contributed by atoms with E-state index in [9.17, 15) is 9.59 Å². The van der Waals surface area contributed by atoms with Crippen LogP contribution in [0.15, 0.2) is 24.3 Å². The van der Waals surface area contributed by atoms with E-state index in [0.717, 1.165) is 0 Å². The summed E-state index contributed by atoms with van der Waals surface area (Å²) < 4.78 is 0. The van der Waals surface area contributed by atoms with Crippen LogP contribution in [0.5, 0.6) is 0 Å². The summed E-state index contributed by atoms with van der Waals surface area (Å²) in [5.74, 6) is -0.670. The summed E-state index contributed by atoms with van der Waals surface area (Å²) in [5.41, 5.74) is 6.53. The van der Waals surface area contributed by atoms with Gasteiger partial charge in [0, 0.05) is 11.3 Å². The zero-order valence-electron chi connectivity index (χ0n) is 10.8. The number of nitrogens with two attached hydrogens (primary N) is 1. The number of hydrogen-bond donors (Lipinski definition) is 4. The van der Waals surface area contributed by atoms with Gasteiger partial charge < -0.3 is 21.5 Å². The molecule has 0 saturated carbocycles. The number of amides is 2. The van der Waals surface area contributed by atoms with E-state index in [0.29, 0.717) is 17.7 Å². The number of hydrogen-bond acceptors (Lipinski definition) is 4. The second-order valence-electron chi connectivity index (χ2n) is 4.16. The first-order valence-electron chi connectivity index (χ1n) is 6.10. The third-order valence-electron chi connectivity index (χ3n) is 2.66. The van der Waals surface area contributed by atoms with Crippen LogP contribution in [0, 0.1) is 0 Å². The van der Waals surface area contributed by atoms with Crippen LogP contribution in [0.1, 0.15) is 23.7 Å². The Balaban J connectivity index is 2.41. The summed E-state index contributed by atoms with van der Waals surface area (Å²) in [7, 11) is 0. The van der Waals surface area contributed by atoms with Crippen molar-refractivity contribution in [1.29, 1.82) is 0 Å². The molecule has 0 bridgehead atoms. The molecule has 0 aliphatic rings. The number of aliphatic hydroxyl groups excluding tert-OH is 1. The minimum atomic E-state index is -0.341. The Morgan fingerprint density at radius 2 is 1.95 bits per heavy atom. The molecule has 1 rings (SSSR count). The van der Waals surface area contributed by atoms with Gasteiger partial charge in [0.05, 0.1) is 19.2 Å². The average molecular weight is 265 g/mol. The molecule has 0 fully saturated rings. The molecule has 6 heteroatoms. The van der Waals surface area contributed by atoms with Crippen LogP contribution >= 0.6 is 0 Å². The van der Waals surface area contributed by atoms with Crippen LogP contribution in [0.25, 0.3) is 0 Å². The molecular formula is C13H19N3O3. The Morgan fingerprint density at radius 3 is 2.47 bits per heavy atom. The van der Waals surface area contributed by atoms with Crippen molar-refractivity contribution >= 4 is 17.5 Å². The number of rotatable bonds is 6. The maximum Gasteiger partial charge on any atom is 0.251 e. The zero-order valence-corrected chi connectivity index (χ0v) is 10.8. The van der Waals surface area contributed by atoms with E-state index in [4.69, 9.17) is 10.8 Å². The molecule has 0 heterocycles. The molecule has 104 valence electrons. The first kappa shape index (κ1) is 15.0. The van der Waals surface area contributed by atoms with Gasteiger partial charge in [-0.2, -0.15) is 0 Å². The summed E-state index contributed by atoms with van der Waals surface area (Å²) in [6.07, 6.45) is 0.633. The largest absolute Gasteiger partial charge is 0.399 e. The van der Waals surface area contributed by atoms with Crippen molar-refractivity contribution in [3.8, 4) is 0 Å². The molecule has 1 atom stereocenters. The normalized spacial score (nSPS) is 11.7. The molecule has 0 aromatic heterocycles. The van der Waals surface area contributed by atoms with E-state index in [2.05, 4.69) is 10.6 Å². The van der Waals surface area contributed by atoms with Crippen molar-refractivity contribution in [3.05, 3.63) is 29.8 Å². The molecular weight excluding hydrogens is 246 g/mol. The Bertz CT molecular complexity index is 427. The summed E-state index contributed by atoms with van der Waals surface area (Å²) in [6.45, 7) is 1.61. The molecule has 2 amide bonds. The highest BCUT2D eigenvalue weighted by Gasteiger charge is 2.11. The molecule has 1 unspecified atom stereocenters. The lowest BCUT2D eigenvalue weighted by Crippen LogP contribution is -2.43. The maximum absolute atomic E-state index is 11.7. The van der Waals surface area contributed by atoms with Crippen molar-refractivity contribution in [2.24, 2.45) is 0 Å². The van der Waals surface area contributed by atoms with E-state index in [-0.39, 0.29) is 31.0 Å². The third-order valence-corrected chi connectivity index (χ3v) is 2.66. The van der Waals surface area contributed by atoms with E-state index in [1.165, 1.54) is 0 Å². The highest BCUT2D eigenvalue weighted by Crippen LogP contribution is 2.04. The fourth-order valence-electron chi connectivity index (χ4n) is 1.45. The first-order valence-corrected chi connectivity index (χ1v) is 6.10. The lowest BCUT2D eigenvalue weighted by molar-refractivity contribution is -0.121. The van der Waals surface area contributed by atoms with Crippen LogP contribution < -0.4 is 16.4 Å². The SMILES string of the molecule is CCC(CO)NC(=O)CNC(=O)c1ccc(N)cc1. The second kappa shape index (κ2) is 7.38. The van der Waals surface area contributed by atoms with Crippen molar-refractivity contribution in [1.82, 2.24) is 10.6 Å². The van der Waals surface area contributed by atoms with Crippen LogP contribution in [0.3, 0.4) is 0 Å². The minimum absolute atomic E-state index is 0.117. The molecule has 0 radical (unpaired) electrons. The average Bonchev–Trinajstić information content (AvgIpc) is 2.43. The van der Waals surface area contributed by atoms with Crippen LogP contribution in [-0.2, 0) is 4.79 Å². The van der Waals surface area contributed by atoms with Crippen LogP contribution in [0.2, 0.25) is 0 Å². The molecule has 6 nitrogen and oxygen atoms in total. The highest BCUT2D eigenvalue weighted by atomic mass is 16.3. The van der Waals surface area contributed by atoms with Crippen LogP contribution in [0.4, 0.5) is 5.69 Å². The highest BCUT2D eigenvalue weighted by molar-refractivity contribution is 5.96. The lowest BCUT2D eigenvalue weighted by Gasteiger charge is -2.14. The Kier molecular flexibility index (Phi) is 5.81. The lowest BCUT2D eigenvalue weighted by atomic mass is 10.2. The molecule has 5 N–H and O–H groups in total. The van der Waals surface area contributed by atoms with Gasteiger partial charge in [-0.05, 0) is 30.7 Å². The number of aliphatic hydroxyl groups is 1. The minimum Gasteiger partial charge on any atom is -0.399 e. The molecule has 0 aliphatic carbocycles. The van der Waals surface area contributed by atoms with Crippen LogP contribution in [-0.4, -0.2) is 36.1 Å². The fourth-order valence-corrected chi connectivity index (χ4v) is 1.45. The third kappa shape index (κ3) is 4.97. The fraction of sp³-hybridized carbons (Fsp3) is 0.385. The Hall–Kier alpha value is -2.08. The number of benzene rings is 1. The van der Waals surface area contributed by atoms with Gasteiger partial charge in [-0.15, -0.1) is 0 Å². The zero-order chi connectivity index (χ0) is 14.3. The molecule has 1 aromatic carbocycles. The van der Waals surface area contributed by atoms with Gasteiger partial charge in [-0.1, -0.05) is 6.92 Å². The quantitative estimate of drug-likeness (QED) is 0.538. The van der Waals surface area contributed by atoms with E-state index >= 15 is 0 Å². The molecule has 0 saturated heterocycles. The number of carbonyl (C=O) groups is 2. The number of anilines is 1. The van der Waals surface area contributed by atoms with Crippen molar-refractivity contribution < 1.29 is 14.7 Å².